The second-order valence-corrected chi connectivity index (χ2v) is 10.2. The van der Waals surface area contributed by atoms with Crippen molar-refractivity contribution in [3.63, 3.8) is 0 Å². The molecule has 0 aliphatic carbocycles. The van der Waals surface area contributed by atoms with Crippen LogP contribution < -0.4 is 15.4 Å². The van der Waals surface area contributed by atoms with E-state index in [0.29, 0.717) is 36.4 Å². The van der Waals surface area contributed by atoms with Crippen LogP contribution in [0.2, 0.25) is 0 Å². The van der Waals surface area contributed by atoms with Crippen LogP contribution in [0.3, 0.4) is 0 Å². The van der Waals surface area contributed by atoms with Gasteiger partial charge in [-0.3, -0.25) is 9.59 Å². The molecule has 0 bridgehead atoms. The van der Waals surface area contributed by atoms with E-state index in [-0.39, 0.29) is 23.3 Å². The van der Waals surface area contributed by atoms with Crippen molar-refractivity contribution in [2.45, 2.75) is 57.2 Å². The lowest BCUT2D eigenvalue weighted by atomic mass is 10.1. The smallest absolute Gasteiger partial charge is 0.265 e. The number of nitrogens with zero attached hydrogens (tertiary/aromatic N) is 1. The van der Waals surface area contributed by atoms with E-state index in [4.69, 9.17) is 4.74 Å². The number of hydrogen-bond acceptors (Lipinski definition) is 5. The van der Waals surface area contributed by atoms with E-state index in [9.17, 15) is 18.0 Å². The molecular weight excluding hydrogens is 430 g/mol. The zero-order valence-electron chi connectivity index (χ0n) is 18.3. The van der Waals surface area contributed by atoms with Gasteiger partial charge in [-0.2, -0.15) is 4.31 Å². The standard InChI is InChI=1S/C23H27N3O5S/c1-14-6-8-17(9-7-14)13-24-23(28)19-5-4-10-26(19)32(29,30)21-12-20-18(11-15(21)2)25-22(27)16(3)31-20/h6-9,11-12,16,19H,4-5,10,13H2,1-3H3,(H,24,28)(H,25,27)/t16-,19-/m0/s1. The minimum absolute atomic E-state index is 0.0813. The molecule has 8 nitrogen and oxygen atoms in total. The summed E-state index contributed by atoms with van der Waals surface area (Å²) in [6.07, 6.45) is 0.356. The highest BCUT2D eigenvalue weighted by Crippen LogP contribution is 2.36. The van der Waals surface area contributed by atoms with Gasteiger partial charge >= 0.3 is 0 Å². The number of carbonyl (C=O) groups is 2. The van der Waals surface area contributed by atoms with Gasteiger partial charge in [-0.05, 0) is 50.8 Å². The Hall–Kier alpha value is -2.91. The highest BCUT2D eigenvalue weighted by Gasteiger charge is 2.40. The third kappa shape index (κ3) is 4.22. The van der Waals surface area contributed by atoms with Crippen molar-refractivity contribution in [2.24, 2.45) is 0 Å². The number of amides is 2. The fraction of sp³-hybridized carbons (Fsp3) is 0.391. The van der Waals surface area contributed by atoms with Crippen LogP contribution in [0.15, 0.2) is 41.3 Å². The van der Waals surface area contributed by atoms with E-state index >= 15 is 0 Å². The van der Waals surface area contributed by atoms with Gasteiger partial charge in [0.1, 0.15) is 11.8 Å². The molecule has 2 aromatic carbocycles. The molecule has 170 valence electrons. The maximum absolute atomic E-state index is 13.5. The molecule has 2 aromatic rings. The number of sulfonamides is 1. The maximum atomic E-state index is 13.5. The summed E-state index contributed by atoms with van der Waals surface area (Å²) in [5, 5.41) is 5.60. The third-order valence-electron chi connectivity index (χ3n) is 5.89. The predicted molar refractivity (Wildman–Crippen MR) is 120 cm³/mol. The first-order chi connectivity index (χ1) is 15.2. The molecule has 2 aliphatic heterocycles. The Morgan fingerprint density at radius 1 is 1.22 bits per heavy atom. The summed E-state index contributed by atoms with van der Waals surface area (Å²) in [5.74, 6) is -0.280. The second kappa shape index (κ2) is 8.55. The number of benzene rings is 2. The number of ether oxygens (including phenoxy) is 1. The Morgan fingerprint density at radius 3 is 2.66 bits per heavy atom. The Kier molecular flexibility index (Phi) is 5.96. The third-order valence-corrected chi connectivity index (χ3v) is 7.94. The summed E-state index contributed by atoms with van der Waals surface area (Å²) < 4.78 is 33.9. The molecule has 2 amide bonds. The maximum Gasteiger partial charge on any atom is 0.265 e. The van der Waals surface area contributed by atoms with Gasteiger partial charge in [0, 0.05) is 19.2 Å². The van der Waals surface area contributed by atoms with Gasteiger partial charge < -0.3 is 15.4 Å². The SMILES string of the molecule is Cc1ccc(CNC(=O)[C@@H]2CCCN2S(=O)(=O)c2cc3c(cc2C)NC(=O)[C@H](C)O3)cc1. The first-order valence-corrected chi connectivity index (χ1v) is 12.1. The van der Waals surface area contributed by atoms with Gasteiger partial charge in [0.15, 0.2) is 6.10 Å². The number of fused-ring (bicyclic) bond motifs is 1. The molecule has 1 saturated heterocycles. The Morgan fingerprint density at radius 2 is 1.94 bits per heavy atom. The van der Waals surface area contributed by atoms with E-state index in [1.54, 1.807) is 19.9 Å². The van der Waals surface area contributed by atoms with Crippen LogP contribution in [-0.4, -0.2) is 43.2 Å². The van der Waals surface area contributed by atoms with E-state index in [1.807, 2.05) is 31.2 Å². The second-order valence-electron chi connectivity index (χ2n) is 8.34. The van der Waals surface area contributed by atoms with Gasteiger partial charge in [0.2, 0.25) is 15.9 Å². The summed E-state index contributed by atoms with van der Waals surface area (Å²) in [5.41, 5.74) is 3.01. The van der Waals surface area contributed by atoms with Crippen molar-refractivity contribution >= 4 is 27.5 Å². The molecule has 9 heteroatoms. The number of carbonyl (C=O) groups excluding carboxylic acids is 2. The van der Waals surface area contributed by atoms with Crippen molar-refractivity contribution in [1.82, 2.24) is 9.62 Å². The van der Waals surface area contributed by atoms with Gasteiger partial charge in [0.05, 0.1) is 10.6 Å². The lowest BCUT2D eigenvalue weighted by Gasteiger charge is -2.27. The van der Waals surface area contributed by atoms with Crippen molar-refractivity contribution in [2.75, 3.05) is 11.9 Å². The van der Waals surface area contributed by atoms with Crippen molar-refractivity contribution < 1.29 is 22.7 Å². The van der Waals surface area contributed by atoms with Gasteiger partial charge in [-0.1, -0.05) is 29.8 Å². The first-order valence-electron chi connectivity index (χ1n) is 10.6. The number of hydrogen-bond donors (Lipinski definition) is 2. The van der Waals surface area contributed by atoms with Crippen LogP contribution >= 0.6 is 0 Å². The molecular formula is C23H27N3O5S. The van der Waals surface area contributed by atoms with Crippen molar-refractivity contribution in [1.29, 1.82) is 0 Å². The van der Waals surface area contributed by atoms with Gasteiger partial charge in [0.25, 0.3) is 5.91 Å². The molecule has 0 radical (unpaired) electrons. The molecule has 32 heavy (non-hydrogen) atoms. The minimum Gasteiger partial charge on any atom is -0.479 e. The zero-order valence-corrected chi connectivity index (χ0v) is 19.2. The Bertz CT molecular complexity index is 1160. The summed E-state index contributed by atoms with van der Waals surface area (Å²) in [6.45, 7) is 5.87. The highest BCUT2D eigenvalue weighted by atomic mass is 32.2. The fourth-order valence-electron chi connectivity index (χ4n) is 4.05. The van der Waals surface area contributed by atoms with Crippen LogP contribution in [0.5, 0.6) is 5.75 Å². The lowest BCUT2D eigenvalue weighted by molar-refractivity contribution is -0.124. The van der Waals surface area contributed by atoms with E-state index in [0.717, 1.165) is 11.1 Å². The molecule has 2 heterocycles. The minimum atomic E-state index is -3.94. The average molecular weight is 458 g/mol. The molecule has 2 atom stereocenters. The van der Waals surface area contributed by atoms with E-state index in [1.165, 1.54) is 10.4 Å². The van der Waals surface area contributed by atoms with Crippen LogP contribution in [0.25, 0.3) is 0 Å². The van der Waals surface area contributed by atoms with Crippen LogP contribution in [-0.2, 0) is 26.2 Å². The highest BCUT2D eigenvalue weighted by molar-refractivity contribution is 7.89. The summed E-state index contributed by atoms with van der Waals surface area (Å²) in [7, 11) is -3.94. The van der Waals surface area contributed by atoms with Crippen molar-refractivity contribution in [3.05, 3.63) is 53.1 Å². The molecule has 1 fully saturated rings. The number of nitrogens with one attached hydrogen (secondary N) is 2. The average Bonchev–Trinajstić information content (AvgIpc) is 3.25. The van der Waals surface area contributed by atoms with Crippen LogP contribution in [0.1, 0.15) is 36.5 Å². The van der Waals surface area contributed by atoms with Gasteiger partial charge in [-0.15, -0.1) is 0 Å². The van der Waals surface area contributed by atoms with Crippen molar-refractivity contribution in [3.8, 4) is 5.75 Å². The molecule has 4 rings (SSSR count). The first kappa shape index (κ1) is 22.3. The predicted octanol–water partition coefficient (Wildman–Crippen LogP) is 2.49. The molecule has 2 aliphatic rings. The normalized spacial score (nSPS) is 20.9. The van der Waals surface area contributed by atoms with Gasteiger partial charge in [-0.25, -0.2) is 8.42 Å². The molecule has 0 spiro atoms. The van der Waals surface area contributed by atoms with E-state index < -0.39 is 22.2 Å². The monoisotopic (exact) mass is 457 g/mol. The zero-order chi connectivity index (χ0) is 23.0. The Labute approximate surface area is 188 Å². The topological polar surface area (TPSA) is 105 Å². The summed E-state index contributed by atoms with van der Waals surface area (Å²) in [6, 6.07) is 10.1. The number of anilines is 1. The quantitative estimate of drug-likeness (QED) is 0.718. The Balaban J connectivity index is 1.55. The molecule has 0 aromatic heterocycles. The largest absolute Gasteiger partial charge is 0.479 e. The fourth-order valence-corrected chi connectivity index (χ4v) is 5.93. The molecule has 0 saturated carbocycles. The lowest BCUT2D eigenvalue weighted by Crippen LogP contribution is -2.45. The molecule has 2 N–H and O–H groups in total. The van der Waals surface area contributed by atoms with E-state index in [2.05, 4.69) is 10.6 Å². The van der Waals surface area contributed by atoms with Crippen LogP contribution in [0, 0.1) is 13.8 Å². The summed E-state index contributed by atoms with van der Waals surface area (Å²) >= 11 is 0. The summed E-state index contributed by atoms with van der Waals surface area (Å²) in [4.78, 5) is 24.8. The number of aryl methyl sites for hydroxylation is 2. The number of rotatable bonds is 5. The molecule has 0 unspecified atom stereocenters. The van der Waals surface area contributed by atoms with Crippen LogP contribution in [0.4, 0.5) is 5.69 Å².